The molecule has 1 aromatic carbocycles. The molecule has 1 saturated carbocycles. The molecule has 1 heterocycles. The maximum absolute atomic E-state index is 12.4. The van der Waals surface area contributed by atoms with Crippen LogP contribution in [-0.4, -0.2) is 43.5 Å². The summed E-state index contributed by atoms with van der Waals surface area (Å²) >= 11 is 0. The molecule has 1 aliphatic carbocycles. The van der Waals surface area contributed by atoms with Crippen molar-refractivity contribution in [3.05, 3.63) is 24.3 Å². The third kappa shape index (κ3) is 4.50. The van der Waals surface area contributed by atoms with Crippen molar-refractivity contribution < 1.29 is 4.79 Å². The molecule has 24 heavy (non-hydrogen) atoms. The van der Waals surface area contributed by atoms with Gasteiger partial charge in [-0.25, -0.2) is 0 Å². The molecule has 132 valence electrons. The third-order valence-corrected chi connectivity index (χ3v) is 5.59. The SMILES string of the molecule is CCN1CCN(c2ccccc2NC(=O)CCC2CCCC2)CC1. The minimum absolute atomic E-state index is 0.168. The molecule has 1 aromatic rings. The van der Waals surface area contributed by atoms with Crippen molar-refractivity contribution in [2.75, 3.05) is 42.9 Å². The van der Waals surface area contributed by atoms with E-state index in [9.17, 15) is 4.79 Å². The van der Waals surface area contributed by atoms with Gasteiger partial charge >= 0.3 is 0 Å². The largest absolute Gasteiger partial charge is 0.367 e. The molecule has 4 heteroatoms. The van der Waals surface area contributed by atoms with Gasteiger partial charge in [0.1, 0.15) is 0 Å². The number of piperazine rings is 1. The Kier molecular flexibility index (Phi) is 6.13. The van der Waals surface area contributed by atoms with Gasteiger partial charge in [0, 0.05) is 32.6 Å². The summed E-state index contributed by atoms with van der Waals surface area (Å²) in [6, 6.07) is 8.25. The highest BCUT2D eigenvalue weighted by Crippen LogP contribution is 2.30. The number of carbonyl (C=O) groups is 1. The van der Waals surface area contributed by atoms with Crippen LogP contribution in [-0.2, 0) is 4.79 Å². The van der Waals surface area contributed by atoms with Crippen molar-refractivity contribution in [3.63, 3.8) is 0 Å². The number of hydrogen-bond donors (Lipinski definition) is 1. The van der Waals surface area contributed by atoms with E-state index >= 15 is 0 Å². The van der Waals surface area contributed by atoms with Crippen molar-refractivity contribution in [1.82, 2.24) is 4.90 Å². The fourth-order valence-corrected chi connectivity index (χ4v) is 4.01. The number of para-hydroxylation sites is 2. The Labute approximate surface area is 146 Å². The smallest absolute Gasteiger partial charge is 0.224 e. The molecular formula is C20H31N3O. The molecule has 1 amide bonds. The summed E-state index contributed by atoms with van der Waals surface area (Å²) in [6.45, 7) is 7.59. The summed E-state index contributed by atoms with van der Waals surface area (Å²) in [5, 5.41) is 3.16. The van der Waals surface area contributed by atoms with Gasteiger partial charge in [-0.3, -0.25) is 4.79 Å². The van der Waals surface area contributed by atoms with E-state index < -0.39 is 0 Å². The summed E-state index contributed by atoms with van der Waals surface area (Å²) in [4.78, 5) is 17.2. The van der Waals surface area contributed by atoms with Crippen LogP contribution in [0.1, 0.15) is 45.4 Å². The fourth-order valence-electron chi connectivity index (χ4n) is 4.01. The third-order valence-electron chi connectivity index (χ3n) is 5.59. The number of rotatable bonds is 6. The molecule has 0 radical (unpaired) electrons. The Balaban J connectivity index is 1.56. The van der Waals surface area contributed by atoms with Crippen LogP contribution in [0.15, 0.2) is 24.3 Å². The monoisotopic (exact) mass is 329 g/mol. The van der Waals surface area contributed by atoms with Crippen LogP contribution >= 0.6 is 0 Å². The molecule has 1 N–H and O–H groups in total. The molecule has 1 aliphatic heterocycles. The second-order valence-electron chi connectivity index (χ2n) is 7.18. The van der Waals surface area contributed by atoms with E-state index in [0.29, 0.717) is 6.42 Å². The predicted molar refractivity (Wildman–Crippen MR) is 101 cm³/mol. The molecular weight excluding hydrogens is 298 g/mol. The van der Waals surface area contributed by atoms with Gasteiger partial charge in [-0.2, -0.15) is 0 Å². The maximum atomic E-state index is 12.4. The molecule has 0 spiro atoms. The Hall–Kier alpha value is -1.55. The van der Waals surface area contributed by atoms with Crippen LogP contribution in [0.25, 0.3) is 0 Å². The van der Waals surface area contributed by atoms with Gasteiger partial charge in [0.25, 0.3) is 0 Å². The number of hydrogen-bond acceptors (Lipinski definition) is 3. The first-order chi connectivity index (χ1) is 11.8. The molecule has 2 aliphatic rings. The summed E-state index contributed by atoms with van der Waals surface area (Å²) in [7, 11) is 0. The van der Waals surface area contributed by atoms with Crippen molar-refractivity contribution in [3.8, 4) is 0 Å². The van der Waals surface area contributed by atoms with Crippen LogP contribution in [0.5, 0.6) is 0 Å². The van der Waals surface area contributed by atoms with Gasteiger partial charge in [0.2, 0.25) is 5.91 Å². The second-order valence-corrected chi connectivity index (χ2v) is 7.18. The molecule has 4 nitrogen and oxygen atoms in total. The van der Waals surface area contributed by atoms with E-state index in [2.05, 4.69) is 34.2 Å². The minimum atomic E-state index is 0.168. The average molecular weight is 329 g/mol. The van der Waals surface area contributed by atoms with Crippen molar-refractivity contribution in [1.29, 1.82) is 0 Å². The summed E-state index contributed by atoms with van der Waals surface area (Å²) in [5.41, 5.74) is 2.14. The predicted octanol–water partition coefficient (Wildman–Crippen LogP) is 3.74. The Bertz CT molecular complexity index is 531. The molecule has 2 fully saturated rings. The van der Waals surface area contributed by atoms with Gasteiger partial charge in [-0.1, -0.05) is 44.7 Å². The number of likely N-dealkylation sites (N-methyl/N-ethyl adjacent to an activating group) is 1. The van der Waals surface area contributed by atoms with E-state index in [0.717, 1.165) is 50.7 Å². The zero-order valence-corrected chi connectivity index (χ0v) is 15.0. The zero-order valence-electron chi connectivity index (χ0n) is 15.0. The molecule has 0 atom stereocenters. The summed E-state index contributed by atoms with van der Waals surface area (Å²) in [6.07, 6.45) is 7.01. The number of carbonyl (C=O) groups excluding carboxylic acids is 1. The lowest BCUT2D eigenvalue weighted by molar-refractivity contribution is -0.116. The number of anilines is 2. The summed E-state index contributed by atoms with van der Waals surface area (Å²) < 4.78 is 0. The van der Waals surface area contributed by atoms with E-state index in [4.69, 9.17) is 0 Å². The van der Waals surface area contributed by atoms with Gasteiger partial charge in [-0.05, 0) is 31.0 Å². The van der Waals surface area contributed by atoms with Crippen molar-refractivity contribution in [2.24, 2.45) is 5.92 Å². The van der Waals surface area contributed by atoms with E-state index in [1.807, 2.05) is 12.1 Å². The maximum Gasteiger partial charge on any atom is 0.224 e. The van der Waals surface area contributed by atoms with Gasteiger partial charge in [-0.15, -0.1) is 0 Å². The zero-order chi connectivity index (χ0) is 16.8. The first-order valence-corrected chi connectivity index (χ1v) is 9.62. The second kappa shape index (κ2) is 8.52. The number of amides is 1. The Morgan fingerprint density at radius 3 is 2.54 bits per heavy atom. The number of nitrogens with zero attached hydrogens (tertiary/aromatic N) is 2. The van der Waals surface area contributed by atoms with E-state index in [-0.39, 0.29) is 5.91 Å². The first-order valence-electron chi connectivity index (χ1n) is 9.62. The Morgan fingerprint density at radius 2 is 1.83 bits per heavy atom. The van der Waals surface area contributed by atoms with Crippen molar-refractivity contribution in [2.45, 2.75) is 45.4 Å². The lowest BCUT2D eigenvalue weighted by Crippen LogP contribution is -2.46. The van der Waals surface area contributed by atoms with Crippen molar-refractivity contribution >= 4 is 17.3 Å². The molecule has 3 rings (SSSR count). The highest BCUT2D eigenvalue weighted by Gasteiger charge is 2.20. The van der Waals surface area contributed by atoms with Crippen LogP contribution < -0.4 is 10.2 Å². The standard InChI is InChI=1S/C20H31N3O/c1-2-22-13-15-23(16-14-22)19-10-6-5-9-18(19)21-20(24)12-11-17-7-3-4-8-17/h5-6,9-10,17H,2-4,7-8,11-16H2,1H3,(H,21,24). The van der Waals surface area contributed by atoms with E-state index in [1.54, 1.807) is 0 Å². The molecule has 0 bridgehead atoms. The highest BCUT2D eigenvalue weighted by molar-refractivity contribution is 5.94. The highest BCUT2D eigenvalue weighted by atomic mass is 16.1. The van der Waals surface area contributed by atoms with Gasteiger partial charge < -0.3 is 15.1 Å². The summed E-state index contributed by atoms with van der Waals surface area (Å²) in [5.74, 6) is 0.939. The lowest BCUT2D eigenvalue weighted by Gasteiger charge is -2.36. The van der Waals surface area contributed by atoms with Crippen LogP contribution in [0.3, 0.4) is 0 Å². The number of nitrogens with one attached hydrogen (secondary N) is 1. The van der Waals surface area contributed by atoms with Crippen LogP contribution in [0.4, 0.5) is 11.4 Å². The molecule has 1 saturated heterocycles. The van der Waals surface area contributed by atoms with Gasteiger partial charge in [0.15, 0.2) is 0 Å². The Morgan fingerprint density at radius 1 is 1.12 bits per heavy atom. The van der Waals surface area contributed by atoms with E-state index in [1.165, 1.54) is 31.4 Å². The van der Waals surface area contributed by atoms with Crippen LogP contribution in [0, 0.1) is 5.92 Å². The van der Waals surface area contributed by atoms with Crippen LogP contribution in [0.2, 0.25) is 0 Å². The molecule has 0 aromatic heterocycles. The fraction of sp³-hybridized carbons (Fsp3) is 0.650. The first kappa shape index (κ1) is 17.3. The number of benzene rings is 1. The quantitative estimate of drug-likeness (QED) is 0.863. The minimum Gasteiger partial charge on any atom is -0.367 e. The lowest BCUT2D eigenvalue weighted by atomic mass is 10.0. The average Bonchev–Trinajstić information content (AvgIpc) is 3.14. The normalized spacial score (nSPS) is 19.6. The molecule has 0 unspecified atom stereocenters. The van der Waals surface area contributed by atoms with Gasteiger partial charge in [0.05, 0.1) is 11.4 Å². The topological polar surface area (TPSA) is 35.6 Å².